The van der Waals surface area contributed by atoms with Crippen LogP contribution in [-0.2, 0) is 4.79 Å². The SMILES string of the molecule is O=C1CC2(CCN(c3nccs3)C2)CN1c1cncnc1. The van der Waals surface area contributed by atoms with Gasteiger partial charge in [0.15, 0.2) is 5.13 Å². The van der Waals surface area contributed by atoms with E-state index in [4.69, 9.17) is 0 Å². The second-order valence-corrected chi connectivity index (χ2v) is 6.61. The zero-order valence-electron chi connectivity index (χ0n) is 11.5. The number of nitrogens with zero attached hydrogens (tertiary/aromatic N) is 5. The minimum Gasteiger partial charge on any atom is -0.347 e. The summed E-state index contributed by atoms with van der Waals surface area (Å²) in [7, 11) is 0. The van der Waals surface area contributed by atoms with E-state index in [-0.39, 0.29) is 11.3 Å². The Morgan fingerprint density at radius 2 is 2.10 bits per heavy atom. The molecule has 0 N–H and O–H groups in total. The number of aromatic nitrogens is 3. The molecule has 6 nitrogen and oxygen atoms in total. The molecule has 7 heteroatoms. The van der Waals surface area contributed by atoms with Crippen molar-refractivity contribution >= 4 is 28.1 Å². The van der Waals surface area contributed by atoms with Crippen LogP contribution in [0.15, 0.2) is 30.3 Å². The molecule has 0 aromatic carbocycles. The summed E-state index contributed by atoms with van der Waals surface area (Å²) < 4.78 is 0. The molecule has 1 amide bonds. The number of amides is 1. The molecule has 2 aliphatic heterocycles. The predicted molar refractivity (Wildman–Crippen MR) is 80.4 cm³/mol. The largest absolute Gasteiger partial charge is 0.347 e. The van der Waals surface area contributed by atoms with Crippen molar-refractivity contribution in [2.75, 3.05) is 29.4 Å². The fourth-order valence-electron chi connectivity index (χ4n) is 3.31. The third kappa shape index (κ3) is 2.17. The summed E-state index contributed by atoms with van der Waals surface area (Å²) in [6.07, 6.45) is 8.36. The maximum absolute atomic E-state index is 12.4. The van der Waals surface area contributed by atoms with E-state index in [1.165, 1.54) is 6.33 Å². The minimum atomic E-state index is 0.0403. The molecule has 4 rings (SSSR count). The summed E-state index contributed by atoms with van der Waals surface area (Å²) in [5, 5.41) is 3.05. The number of thiazole rings is 1. The Balaban J connectivity index is 1.54. The smallest absolute Gasteiger partial charge is 0.227 e. The third-order valence-electron chi connectivity index (χ3n) is 4.31. The molecule has 0 saturated carbocycles. The van der Waals surface area contributed by atoms with E-state index in [0.717, 1.165) is 36.9 Å². The van der Waals surface area contributed by atoms with Gasteiger partial charge >= 0.3 is 0 Å². The molecule has 1 unspecified atom stereocenters. The Bertz CT molecular complexity index is 647. The average molecular weight is 301 g/mol. The third-order valence-corrected chi connectivity index (χ3v) is 5.14. The molecule has 0 radical (unpaired) electrons. The van der Waals surface area contributed by atoms with Gasteiger partial charge in [-0.25, -0.2) is 15.0 Å². The summed E-state index contributed by atoms with van der Waals surface area (Å²) in [6.45, 7) is 2.62. The van der Waals surface area contributed by atoms with Crippen molar-refractivity contribution < 1.29 is 4.79 Å². The lowest BCUT2D eigenvalue weighted by Crippen LogP contribution is -2.31. The minimum absolute atomic E-state index is 0.0403. The van der Waals surface area contributed by atoms with Crippen molar-refractivity contribution in [1.82, 2.24) is 15.0 Å². The second-order valence-electron chi connectivity index (χ2n) is 5.74. The fourth-order valence-corrected chi connectivity index (χ4v) is 3.98. The van der Waals surface area contributed by atoms with Gasteiger partial charge in [-0.1, -0.05) is 0 Å². The van der Waals surface area contributed by atoms with E-state index in [1.54, 1.807) is 23.7 Å². The molecule has 2 fully saturated rings. The van der Waals surface area contributed by atoms with Crippen LogP contribution in [0.2, 0.25) is 0 Å². The van der Waals surface area contributed by atoms with Crippen LogP contribution in [0.4, 0.5) is 10.8 Å². The molecule has 2 aromatic rings. The Morgan fingerprint density at radius 1 is 1.24 bits per heavy atom. The maximum atomic E-state index is 12.4. The summed E-state index contributed by atoms with van der Waals surface area (Å²) in [4.78, 5) is 28.9. The number of rotatable bonds is 2. The number of anilines is 2. The van der Waals surface area contributed by atoms with Crippen LogP contribution in [0.5, 0.6) is 0 Å². The van der Waals surface area contributed by atoms with Gasteiger partial charge in [-0.15, -0.1) is 11.3 Å². The number of hydrogen-bond donors (Lipinski definition) is 0. The van der Waals surface area contributed by atoms with Crippen molar-refractivity contribution in [2.45, 2.75) is 12.8 Å². The quantitative estimate of drug-likeness (QED) is 0.842. The van der Waals surface area contributed by atoms with Crippen molar-refractivity contribution in [3.05, 3.63) is 30.3 Å². The van der Waals surface area contributed by atoms with Gasteiger partial charge in [-0.2, -0.15) is 0 Å². The van der Waals surface area contributed by atoms with Crippen molar-refractivity contribution in [1.29, 1.82) is 0 Å². The highest BCUT2D eigenvalue weighted by Gasteiger charge is 2.48. The summed E-state index contributed by atoms with van der Waals surface area (Å²) >= 11 is 1.66. The first kappa shape index (κ1) is 12.7. The zero-order valence-corrected chi connectivity index (χ0v) is 12.3. The van der Waals surface area contributed by atoms with Gasteiger partial charge in [-0.3, -0.25) is 4.79 Å². The molecule has 108 valence electrons. The lowest BCUT2D eigenvalue weighted by atomic mass is 9.86. The highest BCUT2D eigenvalue weighted by molar-refractivity contribution is 7.13. The number of carbonyl (C=O) groups excluding carboxylic acids is 1. The summed E-state index contributed by atoms with van der Waals surface area (Å²) in [5.74, 6) is 0.172. The molecule has 0 aliphatic carbocycles. The van der Waals surface area contributed by atoms with Crippen LogP contribution in [0.25, 0.3) is 0 Å². The van der Waals surface area contributed by atoms with Crippen LogP contribution >= 0.6 is 11.3 Å². The predicted octanol–water partition coefficient (Wildman–Crippen LogP) is 1.57. The molecule has 0 bridgehead atoms. The first-order chi connectivity index (χ1) is 10.3. The molecular formula is C14H15N5OS. The summed E-state index contributed by atoms with van der Waals surface area (Å²) in [5.41, 5.74) is 0.838. The Labute approximate surface area is 126 Å². The normalized spacial score (nSPS) is 25.2. The van der Waals surface area contributed by atoms with Gasteiger partial charge in [0, 0.05) is 43.0 Å². The average Bonchev–Trinajstić information content (AvgIpc) is 3.21. The monoisotopic (exact) mass is 301 g/mol. The van der Waals surface area contributed by atoms with Crippen LogP contribution in [0, 0.1) is 5.41 Å². The van der Waals surface area contributed by atoms with Gasteiger partial charge in [0.2, 0.25) is 5.91 Å². The van der Waals surface area contributed by atoms with Crippen LogP contribution < -0.4 is 9.80 Å². The highest BCUT2D eigenvalue weighted by Crippen LogP contribution is 2.43. The van der Waals surface area contributed by atoms with Crippen molar-refractivity contribution in [2.24, 2.45) is 5.41 Å². The molecule has 4 heterocycles. The Morgan fingerprint density at radius 3 is 2.86 bits per heavy atom. The Kier molecular flexibility index (Phi) is 2.88. The molecule has 2 saturated heterocycles. The first-order valence-electron chi connectivity index (χ1n) is 6.96. The Hall–Kier alpha value is -2.02. The van der Waals surface area contributed by atoms with Crippen molar-refractivity contribution in [3.8, 4) is 0 Å². The van der Waals surface area contributed by atoms with Gasteiger partial charge in [0.1, 0.15) is 6.33 Å². The van der Waals surface area contributed by atoms with E-state index in [2.05, 4.69) is 19.9 Å². The number of carbonyl (C=O) groups is 1. The highest BCUT2D eigenvalue weighted by atomic mass is 32.1. The van der Waals surface area contributed by atoms with Crippen LogP contribution in [0.3, 0.4) is 0 Å². The molecule has 2 aliphatic rings. The topological polar surface area (TPSA) is 62.2 Å². The van der Waals surface area contributed by atoms with E-state index in [0.29, 0.717) is 6.42 Å². The first-order valence-corrected chi connectivity index (χ1v) is 7.84. The van der Waals surface area contributed by atoms with E-state index < -0.39 is 0 Å². The molecular weight excluding hydrogens is 286 g/mol. The van der Waals surface area contributed by atoms with Gasteiger partial charge < -0.3 is 9.80 Å². The van der Waals surface area contributed by atoms with Crippen LogP contribution in [-0.4, -0.2) is 40.5 Å². The van der Waals surface area contributed by atoms with E-state index in [9.17, 15) is 4.79 Å². The van der Waals surface area contributed by atoms with E-state index >= 15 is 0 Å². The van der Waals surface area contributed by atoms with Gasteiger partial charge in [-0.05, 0) is 6.42 Å². The zero-order chi connectivity index (χ0) is 14.3. The molecule has 21 heavy (non-hydrogen) atoms. The second kappa shape index (κ2) is 4.77. The van der Waals surface area contributed by atoms with Gasteiger partial charge in [0.05, 0.1) is 18.1 Å². The maximum Gasteiger partial charge on any atom is 0.227 e. The molecule has 1 spiro atoms. The van der Waals surface area contributed by atoms with Crippen molar-refractivity contribution in [3.63, 3.8) is 0 Å². The van der Waals surface area contributed by atoms with E-state index in [1.807, 2.05) is 16.5 Å². The van der Waals surface area contributed by atoms with Gasteiger partial charge in [0.25, 0.3) is 0 Å². The molecule has 2 aromatic heterocycles. The fraction of sp³-hybridized carbons (Fsp3) is 0.429. The standard InChI is InChI=1S/C14H15N5OS/c20-12-5-14(9-19(12)11-6-15-10-16-7-11)1-3-18(8-14)13-17-2-4-21-13/h2,4,6-7,10H,1,3,5,8-9H2. The lowest BCUT2D eigenvalue weighted by molar-refractivity contribution is -0.117. The molecule has 1 atom stereocenters. The summed E-state index contributed by atoms with van der Waals surface area (Å²) in [6, 6.07) is 0. The number of hydrogen-bond acceptors (Lipinski definition) is 6. The van der Waals surface area contributed by atoms with Crippen LogP contribution in [0.1, 0.15) is 12.8 Å². The lowest BCUT2D eigenvalue weighted by Gasteiger charge is -2.23.